The van der Waals surface area contributed by atoms with Crippen molar-refractivity contribution < 1.29 is 9.59 Å². The van der Waals surface area contributed by atoms with Gasteiger partial charge in [-0.15, -0.1) is 0 Å². The standard InChI is InChI=1S/C22H18Cl2N4O2/c1-22-20-16(15-4-2-3-5-18(15)26-20)8-9-27(22)19(29)12-28(21(22)30)25-11-13-6-7-14(23)10-17(13)24/h2-7,10-11,26H,8-9,12H2,1H3/b25-11-/t22-/m1/s1. The maximum absolute atomic E-state index is 13.6. The number of aromatic nitrogens is 1. The molecular formula is C22H18Cl2N4O2. The fraction of sp³-hybridized carbons (Fsp3) is 0.227. The van der Waals surface area contributed by atoms with Gasteiger partial charge in [-0.3, -0.25) is 9.59 Å². The van der Waals surface area contributed by atoms with Crippen LogP contribution in [-0.4, -0.2) is 46.0 Å². The van der Waals surface area contributed by atoms with E-state index in [9.17, 15) is 9.59 Å². The van der Waals surface area contributed by atoms with Gasteiger partial charge in [-0.1, -0.05) is 47.5 Å². The number of H-pyrrole nitrogens is 1. The zero-order valence-electron chi connectivity index (χ0n) is 16.2. The summed E-state index contributed by atoms with van der Waals surface area (Å²) in [7, 11) is 0. The summed E-state index contributed by atoms with van der Waals surface area (Å²) in [6, 6.07) is 13.0. The lowest BCUT2D eigenvalue weighted by molar-refractivity contribution is -0.165. The number of nitrogens with one attached hydrogen (secondary N) is 1. The first-order valence-electron chi connectivity index (χ1n) is 9.61. The fourth-order valence-electron chi connectivity index (χ4n) is 4.42. The summed E-state index contributed by atoms with van der Waals surface area (Å²) >= 11 is 12.1. The summed E-state index contributed by atoms with van der Waals surface area (Å²) in [6.45, 7) is 2.18. The minimum Gasteiger partial charge on any atom is -0.356 e. The monoisotopic (exact) mass is 440 g/mol. The van der Waals surface area contributed by atoms with Gasteiger partial charge in [0.15, 0.2) is 5.54 Å². The summed E-state index contributed by atoms with van der Waals surface area (Å²) in [5.74, 6) is -0.392. The van der Waals surface area contributed by atoms with Crippen LogP contribution in [0.5, 0.6) is 0 Å². The van der Waals surface area contributed by atoms with Crippen LogP contribution >= 0.6 is 23.2 Å². The number of amides is 2. The van der Waals surface area contributed by atoms with Gasteiger partial charge in [0.05, 0.1) is 16.9 Å². The first kappa shape index (κ1) is 19.2. The van der Waals surface area contributed by atoms with Crippen LogP contribution in [0.1, 0.15) is 23.7 Å². The molecule has 1 saturated heterocycles. The molecule has 152 valence electrons. The van der Waals surface area contributed by atoms with E-state index in [0.717, 1.165) is 22.2 Å². The maximum atomic E-state index is 13.6. The van der Waals surface area contributed by atoms with E-state index in [2.05, 4.69) is 10.1 Å². The van der Waals surface area contributed by atoms with Crippen molar-refractivity contribution in [3.05, 3.63) is 69.3 Å². The molecular weight excluding hydrogens is 423 g/mol. The van der Waals surface area contributed by atoms with Crippen molar-refractivity contribution in [3.8, 4) is 0 Å². The van der Waals surface area contributed by atoms with Crippen LogP contribution in [0.4, 0.5) is 0 Å². The molecule has 3 aromatic rings. The Kier molecular flexibility index (Phi) is 4.38. The number of carbonyl (C=O) groups is 2. The van der Waals surface area contributed by atoms with Crippen LogP contribution < -0.4 is 0 Å². The van der Waals surface area contributed by atoms with E-state index in [4.69, 9.17) is 23.2 Å². The smallest absolute Gasteiger partial charge is 0.275 e. The van der Waals surface area contributed by atoms with Crippen molar-refractivity contribution in [2.75, 3.05) is 13.1 Å². The predicted molar refractivity (Wildman–Crippen MR) is 117 cm³/mol. The lowest BCUT2D eigenvalue weighted by Gasteiger charge is -2.48. The Morgan fingerprint density at radius 1 is 1.17 bits per heavy atom. The predicted octanol–water partition coefficient (Wildman–Crippen LogP) is 3.95. The normalized spacial score (nSPS) is 21.4. The number of hydrogen-bond donors (Lipinski definition) is 1. The van der Waals surface area contributed by atoms with E-state index >= 15 is 0 Å². The average molecular weight is 441 g/mol. The summed E-state index contributed by atoms with van der Waals surface area (Å²) < 4.78 is 0. The number of nitrogens with zero attached hydrogens (tertiary/aromatic N) is 3. The second-order valence-corrected chi connectivity index (χ2v) is 8.51. The second kappa shape index (κ2) is 6.86. The fourth-order valence-corrected chi connectivity index (χ4v) is 4.88. The van der Waals surface area contributed by atoms with Crippen LogP contribution in [0.3, 0.4) is 0 Å². The van der Waals surface area contributed by atoms with E-state index in [1.807, 2.05) is 24.3 Å². The van der Waals surface area contributed by atoms with E-state index in [0.29, 0.717) is 28.6 Å². The van der Waals surface area contributed by atoms with Gasteiger partial charge in [-0.05, 0) is 37.1 Å². The zero-order chi connectivity index (χ0) is 21.0. The SMILES string of the molecule is C[C@@]12C(=O)N(/N=C\c3ccc(Cl)cc3Cl)CC(=O)N1CCc1c2[nH]c2ccccc12. The highest BCUT2D eigenvalue weighted by atomic mass is 35.5. The number of para-hydroxylation sites is 1. The molecule has 0 bridgehead atoms. The topological polar surface area (TPSA) is 68.8 Å². The highest BCUT2D eigenvalue weighted by molar-refractivity contribution is 6.36. The molecule has 1 fully saturated rings. The Balaban J connectivity index is 1.56. The Hall–Kier alpha value is -2.83. The quantitative estimate of drug-likeness (QED) is 0.612. The number of rotatable bonds is 2. The van der Waals surface area contributed by atoms with Crippen LogP contribution in [0, 0.1) is 0 Å². The van der Waals surface area contributed by atoms with Crippen LogP contribution in [-0.2, 0) is 21.5 Å². The number of carbonyl (C=O) groups excluding carboxylic acids is 2. The third-order valence-corrected chi connectivity index (χ3v) is 6.52. The van der Waals surface area contributed by atoms with Crippen LogP contribution in [0.2, 0.25) is 10.0 Å². The summed E-state index contributed by atoms with van der Waals surface area (Å²) in [5.41, 5.74) is 2.28. The Morgan fingerprint density at radius 2 is 1.97 bits per heavy atom. The summed E-state index contributed by atoms with van der Waals surface area (Å²) in [6.07, 6.45) is 2.19. The molecule has 2 amide bonds. The number of aromatic amines is 1. The van der Waals surface area contributed by atoms with E-state index in [-0.39, 0.29) is 18.4 Å². The van der Waals surface area contributed by atoms with Crippen molar-refractivity contribution >= 4 is 52.1 Å². The first-order chi connectivity index (χ1) is 14.4. The third kappa shape index (κ3) is 2.75. The molecule has 6 nitrogen and oxygen atoms in total. The van der Waals surface area contributed by atoms with Crippen molar-refractivity contribution in [1.82, 2.24) is 14.9 Å². The lowest BCUT2D eigenvalue weighted by Crippen LogP contribution is -2.65. The van der Waals surface area contributed by atoms with Gasteiger partial charge in [0.2, 0.25) is 5.91 Å². The molecule has 3 heterocycles. The number of fused-ring (bicyclic) bond motifs is 5. The van der Waals surface area contributed by atoms with Gasteiger partial charge in [0.25, 0.3) is 5.91 Å². The van der Waals surface area contributed by atoms with Crippen LogP contribution in [0.15, 0.2) is 47.6 Å². The summed E-state index contributed by atoms with van der Waals surface area (Å²) in [5, 5.41) is 7.55. The molecule has 0 spiro atoms. The molecule has 30 heavy (non-hydrogen) atoms. The van der Waals surface area contributed by atoms with Crippen LogP contribution in [0.25, 0.3) is 10.9 Å². The molecule has 0 unspecified atom stereocenters. The number of hydrazone groups is 1. The second-order valence-electron chi connectivity index (χ2n) is 7.66. The first-order valence-corrected chi connectivity index (χ1v) is 10.4. The van der Waals surface area contributed by atoms with Gasteiger partial charge in [0.1, 0.15) is 6.54 Å². The minimum absolute atomic E-state index is 0.105. The molecule has 0 saturated carbocycles. The van der Waals surface area contributed by atoms with Crippen molar-refractivity contribution in [2.45, 2.75) is 18.9 Å². The maximum Gasteiger partial charge on any atom is 0.275 e. The zero-order valence-corrected chi connectivity index (χ0v) is 17.7. The largest absolute Gasteiger partial charge is 0.356 e. The molecule has 1 atom stereocenters. The molecule has 8 heteroatoms. The van der Waals surface area contributed by atoms with Gasteiger partial charge < -0.3 is 9.88 Å². The van der Waals surface area contributed by atoms with Gasteiger partial charge in [-0.25, -0.2) is 5.01 Å². The number of halogens is 2. The molecule has 5 rings (SSSR count). The number of piperazine rings is 1. The van der Waals surface area contributed by atoms with E-state index < -0.39 is 5.54 Å². The third-order valence-electron chi connectivity index (χ3n) is 5.96. The van der Waals surface area contributed by atoms with Gasteiger partial charge in [0, 0.05) is 28.0 Å². The minimum atomic E-state index is -1.14. The van der Waals surface area contributed by atoms with Crippen molar-refractivity contribution in [3.63, 3.8) is 0 Å². The van der Waals surface area contributed by atoms with Gasteiger partial charge in [-0.2, -0.15) is 5.10 Å². The summed E-state index contributed by atoms with van der Waals surface area (Å²) in [4.78, 5) is 31.6. The molecule has 1 N–H and O–H groups in total. The number of hydrogen-bond acceptors (Lipinski definition) is 3. The molecule has 1 aromatic heterocycles. The molecule has 2 aliphatic rings. The van der Waals surface area contributed by atoms with E-state index in [1.165, 1.54) is 11.2 Å². The Labute approximate surface area is 183 Å². The molecule has 2 aliphatic heterocycles. The number of benzene rings is 2. The van der Waals surface area contributed by atoms with Crippen molar-refractivity contribution in [2.24, 2.45) is 5.10 Å². The van der Waals surface area contributed by atoms with Crippen molar-refractivity contribution in [1.29, 1.82) is 0 Å². The molecule has 2 aromatic carbocycles. The Morgan fingerprint density at radius 3 is 2.77 bits per heavy atom. The lowest BCUT2D eigenvalue weighted by atomic mass is 9.83. The molecule has 0 aliphatic carbocycles. The highest BCUT2D eigenvalue weighted by Gasteiger charge is 2.54. The average Bonchev–Trinajstić information content (AvgIpc) is 3.11. The Bertz CT molecular complexity index is 1240. The molecule has 0 radical (unpaired) electrons. The van der Waals surface area contributed by atoms with Gasteiger partial charge >= 0.3 is 0 Å². The highest BCUT2D eigenvalue weighted by Crippen LogP contribution is 2.41. The van der Waals surface area contributed by atoms with E-state index in [1.54, 1.807) is 30.0 Å².